The number of hydrogen-bond donors (Lipinski definition) is 1. The molecule has 1 atom stereocenters. The fraction of sp³-hybridized carbons (Fsp3) is 0.909. The zero-order valence-electron chi connectivity index (χ0n) is 10.2. The number of ether oxygens (including phenoxy) is 3. The summed E-state index contributed by atoms with van der Waals surface area (Å²) in [5, 5.41) is 3.27. The lowest BCUT2D eigenvalue weighted by Crippen LogP contribution is -2.52. The molecule has 0 spiro atoms. The van der Waals surface area contributed by atoms with E-state index in [0.29, 0.717) is 13.2 Å². The maximum atomic E-state index is 11.0. The van der Waals surface area contributed by atoms with Gasteiger partial charge >= 0.3 is 5.97 Å². The minimum atomic E-state index is -0.328. The first-order chi connectivity index (χ1) is 7.53. The number of esters is 1. The topological polar surface area (TPSA) is 56.8 Å². The van der Waals surface area contributed by atoms with Crippen molar-refractivity contribution in [3.8, 4) is 0 Å². The normalized spacial score (nSPS) is 24.1. The average molecular weight is 231 g/mol. The van der Waals surface area contributed by atoms with E-state index in [4.69, 9.17) is 14.2 Å². The summed E-state index contributed by atoms with van der Waals surface area (Å²) in [5.41, 5.74) is -0.170. The first-order valence-electron chi connectivity index (χ1n) is 5.65. The maximum Gasteiger partial charge on any atom is 0.332 e. The Morgan fingerprint density at radius 2 is 2.31 bits per heavy atom. The van der Waals surface area contributed by atoms with E-state index in [9.17, 15) is 4.79 Å². The number of hydrogen-bond acceptors (Lipinski definition) is 5. The third-order valence-electron chi connectivity index (χ3n) is 2.24. The van der Waals surface area contributed by atoms with Crippen molar-refractivity contribution in [3.63, 3.8) is 0 Å². The van der Waals surface area contributed by atoms with Crippen LogP contribution in [0.1, 0.15) is 20.8 Å². The molecule has 0 aromatic carbocycles. The van der Waals surface area contributed by atoms with Gasteiger partial charge in [0.2, 0.25) is 0 Å². The summed E-state index contributed by atoms with van der Waals surface area (Å²) < 4.78 is 15.8. The molecule has 94 valence electrons. The van der Waals surface area contributed by atoms with Gasteiger partial charge in [-0.2, -0.15) is 0 Å². The van der Waals surface area contributed by atoms with Crippen LogP contribution in [0.5, 0.6) is 0 Å². The van der Waals surface area contributed by atoms with Crippen LogP contribution in [0.2, 0.25) is 0 Å². The Balaban J connectivity index is 2.15. The molecule has 0 radical (unpaired) electrons. The Bertz CT molecular complexity index is 230. The second-order valence-corrected chi connectivity index (χ2v) is 4.45. The van der Waals surface area contributed by atoms with Crippen molar-refractivity contribution in [3.05, 3.63) is 0 Å². The lowest BCUT2D eigenvalue weighted by atomic mass is 10.1. The molecular formula is C11H21NO4. The fourth-order valence-corrected chi connectivity index (χ4v) is 1.64. The van der Waals surface area contributed by atoms with Crippen LogP contribution < -0.4 is 5.32 Å². The monoisotopic (exact) mass is 231 g/mol. The van der Waals surface area contributed by atoms with E-state index in [0.717, 1.165) is 13.1 Å². The summed E-state index contributed by atoms with van der Waals surface area (Å²) in [4.78, 5) is 11.0. The molecule has 5 heteroatoms. The number of carbonyl (C=O) groups is 1. The van der Waals surface area contributed by atoms with E-state index in [2.05, 4.69) is 5.32 Å². The number of carbonyl (C=O) groups excluding carboxylic acids is 1. The SMILES string of the molecule is CCOC(=O)COCC1CNCC(C)(C)O1. The minimum Gasteiger partial charge on any atom is -0.464 e. The molecule has 1 fully saturated rings. The summed E-state index contributed by atoms with van der Waals surface area (Å²) in [6.45, 7) is 8.21. The smallest absolute Gasteiger partial charge is 0.332 e. The van der Waals surface area contributed by atoms with E-state index < -0.39 is 0 Å². The Labute approximate surface area is 96.4 Å². The lowest BCUT2D eigenvalue weighted by molar-refractivity contribution is -0.154. The highest BCUT2D eigenvalue weighted by Crippen LogP contribution is 2.15. The van der Waals surface area contributed by atoms with Gasteiger partial charge in [0.25, 0.3) is 0 Å². The molecule has 0 aromatic rings. The molecule has 0 aromatic heterocycles. The molecular weight excluding hydrogens is 210 g/mol. The fourth-order valence-electron chi connectivity index (χ4n) is 1.64. The zero-order valence-corrected chi connectivity index (χ0v) is 10.2. The molecule has 0 amide bonds. The molecule has 1 aliphatic heterocycles. The highest BCUT2D eigenvalue weighted by Gasteiger charge is 2.28. The maximum absolute atomic E-state index is 11.0. The molecule has 1 saturated heterocycles. The van der Waals surface area contributed by atoms with Gasteiger partial charge in [-0.15, -0.1) is 0 Å². The second kappa shape index (κ2) is 6.18. The molecule has 1 aliphatic rings. The van der Waals surface area contributed by atoms with Gasteiger partial charge < -0.3 is 19.5 Å². The molecule has 1 unspecified atom stereocenters. The molecule has 0 bridgehead atoms. The van der Waals surface area contributed by atoms with Crippen LogP contribution in [0, 0.1) is 0 Å². The third-order valence-corrected chi connectivity index (χ3v) is 2.24. The van der Waals surface area contributed by atoms with Gasteiger partial charge in [0.05, 0.1) is 24.9 Å². The largest absolute Gasteiger partial charge is 0.464 e. The van der Waals surface area contributed by atoms with Gasteiger partial charge in [-0.05, 0) is 20.8 Å². The second-order valence-electron chi connectivity index (χ2n) is 4.45. The van der Waals surface area contributed by atoms with E-state index >= 15 is 0 Å². The van der Waals surface area contributed by atoms with Gasteiger partial charge in [0, 0.05) is 13.1 Å². The van der Waals surface area contributed by atoms with Gasteiger partial charge in [-0.1, -0.05) is 0 Å². The first-order valence-corrected chi connectivity index (χ1v) is 5.65. The summed E-state index contributed by atoms with van der Waals surface area (Å²) in [6.07, 6.45) is -0.00169. The van der Waals surface area contributed by atoms with Crippen LogP contribution in [0.25, 0.3) is 0 Å². The van der Waals surface area contributed by atoms with Crippen molar-refractivity contribution in [1.29, 1.82) is 0 Å². The Morgan fingerprint density at radius 1 is 1.56 bits per heavy atom. The molecule has 5 nitrogen and oxygen atoms in total. The summed E-state index contributed by atoms with van der Waals surface area (Å²) in [7, 11) is 0. The number of nitrogens with one attached hydrogen (secondary N) is 1. The summed E-state index contributed by atoms with van der Waals surface area (Å²) >= 11 is 0. The molecule has 1 rings (SSSR count). The Kier molecular flexibility index (Phi) is 5.18. The van der Waals surface area contributed by atoms with Crippen molar-refractivity contribution in [2.24, 2.45) is 0 Å². The Morgan fingerprint density at radius 3 is 2.94 bits per heavy atom. The van der Waals surface area contributed by atoms with E-state index in [-0.39, 0.29) is 24.3 Å². The summed E-state index contributed by atoms with van der Waals surface area (Å²) in [6, 6.07) is 0. The third kappa shape index (κ3) is 4.92. The molecule has 16 heavy (non-hydrogen) atoms. The van der Waals surface area contributed by atoms with Gasteiger partial charge in [-0.3, -0.25) is 0 Å². The van der Waals surface area contributed by atoms with E-state index in [1.54, 1.807) is 6.92 Å². The highest BCUT2D eigenvalue weighted by molar-refractivity contribution is 5.70. The van der Waals surface area contributed by atoms with Crippen LogP contribution in [0.15, 0.2) is 0 Å². The van der Waals surface area contributed by atoms with Crippen LogP contribution in [0.3, 0.4) is 0 Å². The van der Waals surface area contributed by atoms with Crippen LogP contribution in [0.4, 0.5) is 0 Å². The van der Waals surface area contributed by atoms with Crippen LogP contribution in [-0.4, -0.2) is 50.6 Å². The van der Waals surface area contributed by atoms with E-state index in [1.807, 2.05) is 13.8 Å². The van der Waals surface area contributed by atoms with Gasteiger partial charge in [0.15, 0.2) is 0 Å². The molecule has 1 N–H and O–H groups in total. The molecule has 0 saturated carbocycles. The quantitative estimate of drug-likeness (QED) is 0.691. The van der Waals surface area contributed by atoms with Gasteiger partial charge in [-0.25, -0.2) is 4.79 Å². The predicted molar refractivity (Wildman–Crippen MR) is 59.3 cm³/mol. The molecule has 1 heterocycles. The number of morpholine rings is 1. The molecule has 0 aliphatic carbocycles. The van der Waals surface area contributed by atoms with Crippen molar-refractivity contribution in [2.75, 3.05) is 32.9 Å². The highest BCUT2D eigenvalue weighted by atomic mass is 16.6. The average Bonchev–Trinajstić information content (AvgIpc) is 2.16. The predicted octanol–water partition coefficient (Wildman–Crippen LogP) is 0.333. The lowest BCUT2D eigenvalue weighted by Gasteiger charge is -2.36. The van der Waals surface area contributed by atoms with E-state index in [1.165, 1.54) is 0 Å². The van der Waals surface area contributed by atoms with Crippen molar-refractivity contribution < 1.29 is 19.0 Å². The first kappa shape index (κ1) is 13.4. The number of rotatable bonds is 5. The van der Waals surface area contributed by atoms with Crippen molar-refractivity contribution in [1.82, 2.24) is 5.32 Å². The Hall–Kier alpha value is -0.650. The standard InChI is InChI=1S/C11H21NO4/c1-4-15-10(13)7-14-6-9-5-12-8-11(2,3)16-9/h9,12H,4-8H2,1-3H3. The van der Waals surface area contributed by atoms with Crippen LogP contribution >= 0.6 is 0 Å². The van der Waals surface area contributed by atoms with Crippen molar-refractivity contribution >= 4 is 5.97 Å². The van der Waals surface area contributed by atoms with Crippen molar-refractivity contribution in [2.45, 2.75) is 32.5 Å². The van der Waals surface area contributed by atoms with Gasteiger partial charge in [0.1, 0.15) is 6.61 Å². The minimum absolute atomic E-state index is 0.00169. The summed E-state index contributed by atoms with van der Waals surface area (Å²) in [5.74, 6) is -0.328. The van der Waals surface area contributed by atoms with Crippen LogP contribution in [-0.2, 0) is 19.0 Å². The zero-order chi connectivity index (χ0) is 12.0.